The number of aryl methyl sites for hydroxylation is 1. The number of hydrogen-bond acceptors (Lipinski definition) is 7. The molecule has 2 aromatic heterocycles. The van der Waals surface area contributed by atoms with E-state index in [2.05, 4.69) is 25.3 Å². The maximum Gasteiger partial charge on any atom is 0.419 e. The molecule has 1 unspecified atom stereocenters. The van der Waals surface area contributed by atoms with Crippen LogP contribution in [0.3, 0.4) is 0 Å². The maximum absolute atomic E-state index is 13.0. The number of hydrogen-bond donors (Lipinski definition) is 2. The summed E-state index contributed by atoms with van der Waals surface area (Å²) in [6.45, 7) is 4.96. The second kappa shape index (κ2) is 8.68. The Morgan fingerprint density at radius 2 is 1.82 bits per heavy atom. The number of fused-ring (bicyclic) bond motifs is 1. The molecule has 2 N–H and O–H groups in total. The quantitative estimate of drug-likeness (QED) is 0.613. The van der Waals surface area contributed by atoms with Gasteiger partial charge in [-0.05, 0) is 26.0 Å². The molecule has 174 valence electrons. The molecule has 0 spiro atoms. The number of para-hydroxylation sites is 1. The van der Waals surface area contributed by atoms with Crippen LogP contribution in [-0.4, -0.2) is 63.0 Å². The van der Waals surface area contributed by atoms with Gasteiger partial charge in [0, 0.05) is 38.6 Å². The highest BCUT2D eigenvalue weighted by Crippen LogP contribution is 2.28. The van der Waals surface area contributed by atoms with Crippen LogP contribution in [0, 0.1) is 6.92 Å². The molecule has 12 heteroatoms. The van der Waals surface area contributed by atoms with Gasteiger partial charge in [-0.25, -0.2) is 15.0 Å². The summed E-state index contributed by atoms with van der Waals surface area (Å²) < 4.78 is 38.1. The fourth-order valence-corrected chi connectivity index (χ4v) is 3.72. The third-order valence-electron chi connectivity index (χ3n) is 5.44. The van der Waals surface area contributed by atoms with Crippen molar-refractivity contribution >= 4 is 28.4 Å². The summed E-state index contributed by atoms with van der Waals surface area (Å²) in [5, 5.41) is 3.57. The number of aromatic nitrogens is 4. The topological polar surface area (TPSA) is 107 Å². The summed E-state index contributed by atoms with van der Waals surface area (Å²) in [7, 11) is 0. The number of benzene rings is 1. The molecule has 3 aromatic rings. The summed E-state index contributed by atoms with van der Waals surface area (Å²) >= 11 is 0. The number of halogens is 3. The smallest absolute Gasteiger partial charge is 0.372 e. The van der Waals surface area contributed by atoms with Crippen LogP contribution < -0.4 is 15.8 Å². The van der Waals surface area contributed by atoms with E-state index < -0.39 is 17.8 Å². The first-order valence-corrected chi connectivity index (χ1v) is 10.3. The van der Waals surface area contributed by atoms with Gasteiger partial charge >= 0.3 is 6.18 Å². The lowest BCUT2D eigenvalue weighted by molar-refractivity contribution is -0.138. The summed E-state index contributed by atoms with van der Waals surface area (Å²) in [4.78, 5) is 43.2. The predicted molar refractivity (Wildman–Crippen MR) is 116 cm³/mol. The molecular formula is C21H22F3N7O2. The van der Waals surface area contributed by atoms with Crippen LogP contribution in [0.1, 0.15) is 18.3 Å². The van der Waals surface area contributed by atoms with Crippen molar-refractivity contribution in [2.75, 3.05) is 36.4 Å². The Bertz CT molecular complexity index is 1220. The van der Waals surface area contributed by atoms with Gasteiger partial charge in [0.15, 0.2) is 0 Å². The molecule has 1 atom stereocenters. The van der Waals surface area contributed by atoms with E-state index in [0.29, 0.717) is 48.6 Å². The maximum atomic E-state index is 13.0. The number of nitrogens with one attached hydrogen (secondary N) is 2. The van der Waals surface area contributed by atoms with E-state index in [1.54, 1.807) is 41.8 Å². The van der Waals surface area contributed by atoms with E-state index in [1.807, 2.05) is 0 Å². The first-order chi connectivity index (χ1) is 15.6. The average Bonchev–Trinajstić information content (AvgIpc) is 2.78. The lowest BCUT2D eigenvalue weighted by atomic mass is 10.1. The Balaban J connectivity index is 1.40. The minimum absolute atomic E-state index is 0.137. The highest BCUT2D eigenvalue weighted by atomic mass is 19.4. The summed E-state index contributed by atoms with van der Waals surface area (Å²) in [5.74, 6) is 0.535. The average molecular weight is 461 g/mol. The molecule has 4 rings (SSSR count). The van der Waals surface area contributed by atoms with E-state index >= 15 is 0 Å². The number of amides is 1. The van der Waals surface area contributed by atoms with Crippen molar-refractivity contribution in [2.24, 2.45) is 0 Å². The third-order valence-corrected chi connectivity index (χ3v) is 5.44. The van der Waals surface area contributed by atoms with E-state index in [0.717, 1.165) is 12.4 Å². The number of rotatable bonds is 4. The Labute approximate surface area is 186 Å². The predicted octanol–water partition coefficient (Wildman–Crippen LogP) is 2.19. The van der Waals surface area contributed by atoms with Gasteiger partial charge < -0.3 is 20.1 Å². The standard InChI is InChI=1S/C21H22F3N7O2/c1-12(27-16-5-3-4-15-17(16)28-13(2)29-18(15)32)19(33)30-6-8-31(9-7-30)20-25-10-14(11-26-20)21(22,23)24/h3-5,10-12,27H,6-9H2,1-2H3,(H,28,29,32). The lowest BCUT2D eigenvalue weighted by Gasteiger charge is -2.36. The molecular weight excluding hydrogens is 439 g/mol. The van der Waals surface area contributed by atoms with E-state index in [1.165, 1.54) is 0 Å². The fraction of sp³-hybridized carbons (Fsp3) is 0.381. The number of carbonyl (C=O) groups excluding carboxylic acids is 1. The van der Waals surface area contributed by atoms with Crippen molar-refractivity contribution in [3.63, 3.8) is 0 Å². The molecule has 1 fully saturated rings. The van der Waals surface area contributed by atoms with Gasteiger partial charge in [0.05, 0.1) is 16.6 Å². The van der Waals surface area contributed by atoms with Crippen LogP contribution in [0.25, 0.3) is 10.9 Å². The number of alkyl halides is 3. The van der Waals surface area contributed by atoms with Crippen molar-refractivity contribution in [1.29, 1.82) is 0 Å². The van der Waals surface area contributed by atoms with Crippen molar-refractivity contribution in [1.82, 2.24) is 24.8 Å². The Kier molecular flexibility index (Phi) is 5.91. The molecule has 3 heterocycles. The van der Waals surface area contributed by atoms with E-state index in [4.69, 9.17) is 0 Å². The molecule has 1 saturated heterocycles. The highest BCUT2D eigenvalue weighted by Gasteiger charge is 2.32. The molecule has 0 bridgehead atoms. The molecule has 1 amide bonds. The minimum atomic E-state index is -4.49. The van der Waals surface area contributed by atoms with E-state index in [9.17, 15) is 22.8 Å². The Hall–Kier alpha value is -3.70. The minimum Gasteiger partial charge on any atom is -0.372 e. The van der Waals surface area contributed by atoms with Crippen LogP contribution >= 0.6 is 0 Å². The van der Waals surface area contributed by atoms with Gasteiger partial charge in [-0.3, -0.25) is 9.59 Å². The Morgan fingerprint density at radius 3 is 2.45 bits per heavy atom. The van der Waals surface area contributed by atoms with E-state index in [-0.39, 0.29) is 17.4 Å². The van der Waals surface area contributed by atoms with Crippen molar-refractivity contribution < 1.29 is 18.0 Å². The molecule has 1 aromatic carbocycles. The number of aromatic amines is 1. The van der Waals surface area contributed by atoms with Crippen LogP contribution in [0.5, 0.6) is 0 Å². The second-order valence-corrected chi connectivity index (χ2v) is 7.80. The van der Waals surface area contributed by atoms with Crippen LogP contribution in [0.2, 0.25) is 0 Å². The summed E-state index contributed by atoms with van der Waals surface area (Å²) in [6, 6.07) is 4.57. The molecule has 0 aliphatic carbocycles. The van der Waals surface area contributed by atoms with Gasteiger partial charge in [0.1, 0.15) is 17.4 Å². The van der Waals surface area contributed by atoms with Crippen LogP contribution in [-0.2, 0) is 11.0 Å². The number of anilines is 2. The van der Waals surface area contributed by atoms with Crippen molar-refractivity contribution in [3.8, 4) is 0 Å². The normalized spacial score (nSPS) is 15.5. The highest BCUT2D eigenvalue weighted by molar-refractivity contribution is 5.92. The monoisotopic (exact) mass is 461 g/mol. The summed E-state index contributed by atoms with van der Waals surface area (Å²) in [6.07, 6.45) is -2.97. The van der Waals surface area contributed by atoms with Crippen LogP contribution in [0.15, 0.2) is 35.4 Å². The molecule has 1 aliphatic heterocycles. The molecule has 1 aliphatic rings. The van der Waals surface area contributed by atoms with Gasteiger partial charge in [0.2, 0.25) is 11.9 Å². The zero-order chi connectivity index (χ0) is 23.8. The lowest BCUT2D eigenvalue weighted by Crippen LogP contribution is -2.52. The number of piperazine rings is 1. The molecule has 9 nitrogen and oxygen atoms in total. The number of nitrogens with zero attached hydrogens (tertiary/aromatic N) is 5. The Morgan fingerprint density at radius 1 is 1.15 bits per heavy atom. The number of carbonyl (C=O) groups is 1. The first-order valence-electron chi connectivity index (χ1n) is 10.3. The van der Waals surface area contributed by atoms with Crippen molar-refractivity contribution in [3.05, 3.63) is 52.3 Å². The van der Waals surface area contributed by atoms with Gasteiger partial charge in [-0.1, -0.05) is 6.07 Å². The van der Waals surface area contributed by atoms with Gasteiger partial charge in [-0.2, -0.15) is 13.2 Å². The zero-order valence-corrected chi connectivity index (χ0v) is 18.0. The zero-order valence-electron chi connectivity index (χ0n) is 18.0. The summed E-state index contributed by atoms with van der Waals surface area (Å²) in [5.41, 5.74) is -0.0798. The second-order valence-electron chi connectivity index (χ2n) is 7.80. The van der Waals surface area contributed by atoms with Crippen molar-refractivity contribution in [2.45, 2.75) is 26.1 Å². The SMILES string of the molecule is Cc1nc2c(NC(C)C(=O)N3CCN(c4ncc(C(F)(F)F)cn4)CC3)cccc2c(=O)[nH]1. The molecule has 0 radical (unpaired) electrons. The molecule has 0 saturated carbocycles. The van der Waals surface area contributed by atoms with Crippen LogP contribution in [0.4, 0.5) is 24.8 Å². The molecule has 33 heavy (non-hydrogen) atoms. The fourth-order valence-electron chi connectivity index (χ4n) is 3.72. The number of H-pyrrole nitrogens is 1. The largest absolute Gasteiger partial charge is 0.419 e. The first kappa shape index (κ1) is 22.5. The van der Waals surface area contributed by atoms with Gasteiger partial charge in [0.25, 0.3) is 5.56 Å². The third kappa shape index (κ3) is 4.73. The van der Waals surface area contributed by atoms with Gasteiger partial charge in [-0.15, -0.1) is 0 Å².